The first-order chi connectivity index (χ1) is 11.0. The maximum absolute atomic E-state index is 12.1. The average Bonchev–Trinajstić information content (AvgIpc) is 2.98. The van der Waals surface area contributed by atoms with Gasteiger partial charge in [-0.25, -0.2) is 0 Å². The molecule has 2 N–H and O–H groups in total. The minimum atomic E-state index is -0.642. The van der Waals surface area contributed by atoms with E-state index in [2.05, 4.69) is 11.4 Å². The van der Waals surface area contributed by atoms with Crippen LogP contribution in [0.3, 0.4) is 0 Å². The van der Waals surface area contributed by atoms with E-state index in [4.69, 9.17) is 16.3 Å². The number of halogens is 1. The number of nitriles is 1. The van der Waals surface area contributed by atoms with Crippen LogP contribution in [0.25, 0.3) is 0 Å². The molecule has 6 heteroatoms. The highest BCUT2D eigenvalue weighted by molar-refractivity contribution is 6.30. The fourth-order valence-electron chi connectivity index (χ4n) is 2.79. The lowest BCUT2D eigenvalue weighted by molar-refractivity contribution is -0.871. The summed E-state index contributed by atoms with van der Waals surface area (Å²) in [6.45, 7) is 1.56. The van der Waals surface area contributed by atoms with Gasteiger partial charge < -0.3 is 15.0 Å². The van der Waals surface area contributed by atoms with Crippen molar-refractivity contribution in [2.45, 2.75) is 31.2 Å². The summed E-state index contributed by atoms with van der Waals surface area (Å²) in [5.74, 6) is 0.693. The molecule has 0 heterocycles. The first-order valence-corrected chi connectivity index (χ1v) is 8.33. The number of nitrogens with one attached hydrogen (secondary N) is 2. The fraction of sp³-hybridized carbons (Fsp3) is 0.529. The van der Waals surface area contributed by atoms with Gasteiger partial charge in [0.25, 0.3) is 5.91 Å². The summed E-state index contributed by atoms with van der Waals surface area (Å²) in [6.07, 6.45) is 3.53. The van der Waals surface area contributed by atoms with Crippen molar-refractivity contribution in [3.05, 3.63) is 29.3 Å². The van der Waals surface area contributed by atoms with Crippen LogP contribution >= 0.6 is 11.6 Å². The van der Waals surface area contributed by atoms with Crippen LogP contribution in [0.2, 0.25) is 5.02 Å². The smallest absolute Gasteiger partial charge is 0.276 e. The monoisotopic (exact) mass is 336 g/mol. The summed E-state index contributed by atoms with van der Waals surface area (Å²) in [4.78, 5) is 13.1. The standard InChI is InChI=1S/C17H22ClN3O2/c1-21(10-11-23-15-6-4-14(18)5-7-15)12-16(22)20-17(13-19)8-2-3-9-17/h4-7H,2-3,8-12H2,1H3,(H,20,22)/p+1. The molecule has 1 aromatic carbocycles. The number of hydrogen-bond donors (Lipinski definition) is 2. The van der Waals surface area contributed by atoms with Crippen molar-refractivity contribution >= 4 is 17.5 Å². The SMILES string of the molecule is C[NH+](CCOc1ccc(Cl)cc1)CC(=O)NC1(C#N)CCCC1. The Morgan fingerprint density at radius 3 is 2.65 bits per heavy atom. The van der Waals surface area contributed by atoms with Gasteiger partial charge in [-0.1, -0.05) is 11.6 Å². The summed E-state index contributed by atoms with van der Waals surface area (Å²) < 4.78 is 5.62. The summed E-state index contributed by atoms with van der Waals surface area (Å²) in [5, 5.41) is 12.9. The minimum Gasteiger partial charge on any atom is -0.488 e. The van der Waals surface area contributed by atoms with Gasteiger partial charge in [-0.15, -0.1) is 0 Å². The molecule has 1 aliphatic rings. The molecule has 2 rings (SSSR count). The third-order valence-corrected chi connectivity index (χ3v) is 4.38. The first kappa shape index (κ1) is 17.6. The Hall–Kier alpha value is -1.77. The van der Waals surface area contributed by atoms with Gasteiger partial charge in [-0.05, 0) is 49.9 Å². The third kappa shape index (κ3) is 5.42. The molecular weight excluding hydrogens is 314 g/mol. The van der Waals surface area contributed by atoms with Crippen molar-refractivity contribution in [3.8, 4) is 11.8 Å². The topological polar surface area (TPSA) is 66.6 Å². The highest BCUT2D eigenvalue weighted by Crippen LogP contribution is 2.28. The quantitative estimate of drug-likeness (QED) is 0.786. The maximum Gasteiger partial charge on any atom is 0.276 e. The Morgan fingerprint density at radius 2 is 2.04 bits per heavy atom. The highest BCUT2D eigenvalue weighted by atomic mass is 35.5. The number of amides is 1. The van der Waals surface area contributed by atoms with E-state index in [0.29, 0.717) is 24.7 Å². The van der Waals surface area contributed by atoms with E-state index in [1.807, 2.05) is 19.2 Å². The predicted molar refractivity (Wildman–Crippen MR) is 88.5 cm³/mol. The molecule has 1 aliphatic carbocycles. The van der Waals surface area contributed by atoms with Crippen LogP contribution in [0, 0.1) is 11.3 Å². The molecule has 0 aliphatic heterocycles. The Kier molecular flexibility index (Phi) is 6.26. The summed E-state index contributed by atoms with van der Waals surface area (Å²) in [7, 11) is 1.94. The lowest BCUT2D eigenvalue weighted by Crippen LogP contribution is -3.11. The average molecular weight is 337 g/mol. The van der Waals surface area contributed by atoms with Crippen molar-refractivity contribution in [1.82, 2.24) is 5.32 Å². The molecule has 1 amide bonds. The van der Waals surface area contributed by atoms with Crippen molar-refractivity contribution in [2.24, 2.45) is 0 Å². The number of likely N-dealkylation sites (N-methyl/N-ethyl adjacent to an activating group) is 1. The molecule has 0 bridgehead atoms. The molecule has 1 atom stereocenters. The van der Waals surface area contributed by atoms with Crippen LogP contribution in [0.1, 0.15) is 25.7 Å². The van der Waals surface area contributed by atoms with E-state index >= 15 is 0 Å². The van der Waals surface area contributed by atoms with Crippen LogP contribution in [0.15, 0.2) is 24.3 Å². The minimum absolute atomic E-state index is 0.0718. The number of rotatable bonds is 7. The van der Waals surface area contributed by atoms with E-state index in [-0.39, 0.29) is 5.91 Å². The maximum atomic E-state index is 12.1. The molecule has 0 saturated heterocycles. The van der Waals surface area contributed by atoms with E-state index in [1.165, 1.54) is 0 Å². The molecule has 1 fully saturated rings. The van der Waals surface area contributed by atoms with Gasteiger partial charge in [-0.3, -0.25) is 4.79 Å². The second-order valence-corrected chi connectivity index (χ2v) is 6.57. The Balaban J connectivity index is 1.69. The van der Waals surface area contributed by atoms with Gasteiger partial charge in [0, 0.05) is 5.02 Å². The first-order valence-electron chi connectivity index (χ1n) is 7.95. The number of benzene rings is 1. The number of carbonyl (C=O) groups excluding carboxylic acids is 1. The predicted octanol–water partition coefficient (Wildman–Crippen LogP) is 1.19. The molecule has 1 unspecified atom stereocenters. The Morgan fingerprint density at radius 1 is 1.39 bits per heavy atom. The van der Waals surface area contributed by atoms with E-state index in [9.17, 15) is 10.1 Å². The van der Waals surface area contributed by atoms with Crippen molar-refractivity contribution in [2.75, 3.05) is 26.7 Å². The Labute approximate surface area is 142 Å². The third-order valence-electron chi connectivity index (χ3n) is 4.12. The molecule has 0 spiro atoms. The summed E-state index contributed by atoms with van der Waals surface area (Å²) in [5.41, 5.74) is -0.642. The van der Waals surface area contributed by atoms with Crippen molar-refractivity contribution < 1.29 is 14.4 Å². The van der Waals surface area contributed by atoms with Crippen LogP contribution in [0.4, 0.5) is 0 Å². The molecule has 0 radical (unpaired) electrons. The molecule has 23 heavy (non-hydrogen) atoms. The summed E-state index contributed by atoms with van der Waals surface area (Å²) >= 11 is 5.82. The molecule has 0 aromatic heterocycles. The van der Waals surface area contributed by atoms with Gasteiger partial charge in [0.1, 0.15) is 24.4 Å². The molecule has 1 aromatic rings. The zero-order chi connectivity index (χ0) is 16.7. The van der Waals surface area contributed by atoms with Gasteiger partial charge >= 0.3 is 0 Å². The van der Waals surface area contributed by atoms with E-state index < -0.39 is 5.54 Å². The fourth-order valence-corrected chi connectivity index (χ4v) is 2.92. The largest absolute Gasteiger partial charge is 0.488 e. The number of quaternary nitrogens is 1. The lowest BCUT2D eigenvalue weighted by Gasteiger charge is -2.23. The normalized spacial score (nSPS) is 17.3. The van der Waals surface area contributed by atoms with Crippen LogP contribution < -0.4 is 15.0 Å². The molecule has 124 valence electrons. The lowest BCUT2D eigenvalue weighted by atomic mass is 10.00. The van der Waals surface area contributed by atoms with E-state index in [1.54, 1.807) is 12.1 Å². The number of hydrogen-bond acceptors (Lipinski definition) is 3. The van der Waals surface area contributed by atoms with Crippen molar-refractivity contribution in [1.29, 1.82) is 5.26 Å². The van der Waals surface area contributed by atoms with Crippen LogP contribution in [-0.4, -0.2) is 38.2 Å². The molecule has 5 nitrogen and oxygen atoms in total. The number of nitrogens with zero attached hydrogens (tertiary/aromatic N) is 1. The zero-order valence-electron chi connectivity index (χ0n) is 13.4. The molecule has 1 saturated carbocycles. The second-order valence-electron chi connectivity index (χ2n) is 6.14. The van der Waals surface area contributed by atoms with E-state index in [0.717, 1.165) is 36.3 Å². The van der Waals surface area contributed by atoms with Gasteiger partial charge in [0.15, 0.2) is 6.54 Å². The van der Waals surface area contributed by atoms with Gasteiger partial charge in [-0.2, -0.15) is 5.26 Å². The number of carbonyl (C=O) groups is 1. The highest BCUT2D eigenvalue weighted by Gasteiger charge is 2.35. The second kappa shape index (κ2) is 8.19. The van der Waals surface area contributed by atoms with Crippen molar-refractivity contribution in [3.63, 3.8) is 0 Å². The zero-order valence-corrected chi connectivity index (χ0v) is 14.2. The van der Waals surface area contributed by atoms with Gasteiger partial charge in [0.2, 0.25) is 0 Å². The van der Waals surface area contributed by atoms with Crippen LogP contribution in [-0.2, 0) is 4.79 Å². The number of ether oxygens (including phenoxy) is 1. The van der Waals surface area contributed by atoms with Crippen LogP contribution in [0.5, 0.6) is 5.75 Å². The molecular formula is C17H23ClN3O2+. The summed E-state index contributed by atoms with van der Waals surface area (Å²) in [6, 6.07) is 9.48. The van der Waals surface area contributed by atoms with Gasteiger partial charge in [0.05, 0.1) is 13.1 Å². The Bertz CT molecular complexity index is 562.